The second-order valence-electron chi connectivity index (χ2n) is 4.85. The maximum Gasteiger partial charge on any atom is 0.310 e. The van der Waals surface area contributed by atoms with E-state index in [-0.39, 0.29) is 12.1 Å². The highest BCUT2D eigenvalue weighted by Gasteiger charge is 2.36. The van der Waals surface area contributed by atoms with Crippen LogP contribution < -0.4 is 10.6 Å². The van der Waals surface area contributed by atoms with E-state index in [0.29, 0.717) is 6.54 Å². The van der Waals surface area contributed by atoms with Crippen LogP contribution in [0.5, 0.6) is 0 Å². The molecule has 6 heteroatoms. The minimum Gasteiger partial charge on any atom is -0.346 e. The van der Waals surface area contributed by atoms with Crippen molar-refractivity contribution in [3.8, 4) is 6.07 Å². The molecule has 1 rings (SSSR count). The molecular weight excluding hydrogens is 232 g/mol. The Morgan fingerprint density at radius 2 is 1.78 bits per heavy atom. The van der Waals surface area contributed by atoms with E-state index in [1.807, 2.05) is 14.1 Å². The van der Waals surface area contributed by atoms with E-state index in [0.717, 1.165) is 25.7 Å². The standard InChI is InChI=1S/C12H20N4O2/c1-16(2)12(5-3-4-6-12)9-15-11(18)10(17)14-8-7-13/h3-6,8-9H2,1-2H3,(H,14,17)(H,15,18). The molecule has 0 aromatic rings. The molecule has 2 amide bonds. The number of amides is 2. The molecule has 100 valence electrons. The maximum atomic E-state index is 11.5. The van der Waals surface area contributed by atoms with E-state index in [4.69, 9.17) is 5.26 Å². The maximum absolute atomic E-state index is 11.5. The Bertz CT molecular complexity index is 354. The van der Waals surface area contributed by atoms with Crippen molar-refractivity contribution in [1.29, 1.82) is 5.26 Å². The van der Waals surface area contributed by atoms with Gasteiger partial charge in [-0.15, -0.1) is 0 Å². The number of nitrogens with zero attached hydrogens (tertiary/aromatic N) is 2. The average molecular weight is 252 g/mol. The highest BCUT2D eigenvalue weighted by Crippen LogP contribution is 2.32. The van der Waals surface area contributed by atoms with E-state index >= 15 is 0 Å². The van der Waals surface area contributed by atoms with Gasteiger partial charge < -0.3 is 15.5 Å². The van der Waals surface area contributed by atoms with Crippen LogP contribution in [-0.4, -0.2) is 49.4 Å². The van der Waals surface area contributed by atoms with Gasteiger partial charge >= 0.3 is 11.8 Å². The summed E-state index contributed by atoms with van der Waals surface area (Å²) >= 11 is 0. The normalized spacial score (nSPS) is 17.2. The molecule has 0 aromatic heterocycles. The number of hydrogen-bond donors (Lipinski definition) is 2. The molecule has 1 aliphatic carbocycles. The molecule has 0 spiro atoms. The molecule has 1 aliphatic rings. The lowest BCUT2D eigenvalue weighted by Crippen LogP contribution is -2.53. The van der Waals surface area contributed by atoms with Crippen molar-refractivity contribution in [1.82, 2.24) is 15.5 Å². The third kappa shape index (κ3) is 3.44. The van der Waals surface area contributed by atoms with Gasteiger partial charge in [0.15, 0.2) is 0 Å². The van der Waals surface area contributed by atoms with Gasteiger partial charge in [0.05, 0.1) is 6.07 Å². The molecular formula is C12H20N4O2. The monoisotopic (exact) mass is 252 g/mol. The van der Waals surface area contributed by atoms with Crippen LogP contribution in [0, 0.1) is 11.3 Å². The van der Waals surface area contributed by atoms with Gasteiger partial charge in [-0.1, -0.05) is 12.8 Å². The lowest BCUT2D eigenvalue weighted by molar-refractivity contribution is -0.139. The molecule has 0 unspecified atom stereocenters. The van der Waals surface area contributed by atoms with Crippen molar-refractivity contribution < 1.29 is 9.59 Å². The quantitative estimate of drug-likeness (QED) is 0.527. The second-order valence-corrected chi connectivity index (χ2v) is 4.85. The number of nitriles is 1. The Balaban J connectivity index is 2.46. The van der Waals surface area contributed by atoms with Gasteiger partial charge in [-0.3, -0.25) is 9.59 Å². The summed E-state index contributed by atoms with van der Waals surface area (Å²) < 4.78 is 0. The first-order valence-electron chi connectivity index (χ1n) is 6.12. The fourth-order valence-electron chi connectivity index (χ4n) is 2.34. The molecule has 0 bridgehead atoms. The number of likely N-dealkylation sites (N-methyl/N-ethyl adjacent to an activating group) is 1. The SMILES string of the molecule is CN(C)C1(CNC(=O)C(=O)NCC#N)CCCC1. The molecule has 0 atom stereocenters. The van der Waals surface area contributed by atoms with Gasteiger partial charge in [0.25, 0.3) is 0 Å². The van der Waals surface area contributed by atoms with E-state index in [1.165, 1.54) is 0 Å². The first-order chi connectivity index (χ1) is 8.52. The molecule has 0 heterocycles. The van der Waals surface area contributed by atoms with Crippen LogP contribution in [-0.2, 0) is 9.59 Å². The minimum absolute atomic E-state index is 0.0365. The molecule has 18 heavy (non-hydrogen) atoms. The highest BCUT2D eigenvalue weighted by molar-refractivity contribution is 6.35. The summed E-state index contributed by atoms with van der Waals surface area (Å²) in [7, 11) is 3.99. The predicted molar refractivity (Wildman–Crippen MR) is 66.5 cm³/mol. The lowest BCUT2D eigenvalue weighted by Gasteiger charge is -2.36. The van der Waals surface area contributed by atoms with Gasteiger partial charge in [-0.05, 0) is 26.9 Å². The molecule has 6 nitrogen and oxygen atoms in total. The van der Waals surface area contributed by atoms with E-state index in [1.54, 1.807) is 6.07 Å². The number of carbonyl (C=O) groups is 2. The van der Waals surface area contributed by atoms with Crippen molar-refractivity contribution in [3.05, 3.63) is 0 Å². The van der Waals surface area contributed by atoms with E-state index in [9.17, 15) is 9.59 Å². The van der Waals surface area contributed by atoms with Crippen LogP contribution >= 0.6 is 0 Å². The Morgan fingerprint density at radius 3 is 2.28 bits per heavy atom. The second kappa shape index (κ2) is 6.36. The van der Waals surface area contributed by atoms with Crippen LogP contribution in [0.1, 0.15) is 25.7 Å². The fraction of sp³-hybridized carbons (Fsp3) is 0.750. The van der Waals surface area contributed by atoms with E-state index < -0.39 is 11.8 Å². The Kier molecular flexibility index (Phi) is 5.10. The first-order valence-corrected chi connectivity index (χ1v) is 6.12. The van der Waals surface area contributed by atoms with Crippen molar-refractivity contribution >= 4 is 11.8 Å². The zero-order chi connectivity index (χ0) is 13.6. The predicted octanol–water partition coefficient (Wildman–Crippen LogP) is -0.383. The summed E-state index contributed by atoms with van der Waals surface area (Å²) in [5.74, 6) is -1.41. The smallest absolute Gasteiger partial charge is 0.310 e. The largest absolute Gasteiger partial charge is 0.346 e. The molecule has 0 radical (unpaired) electrons. The average Bonchev–Trinajstić information content (AvgIpc) is 2.83. The number of rotatable bonds is 4. The number of carbonyl (C=O) groups excluding carboxylic acids is 2. The Hall–Kier alpha value is -1.61. The lowest BCUT2D eigenvalue weighted by atomic mass is 9.96. The molecule has 0 saturated heterocycles. The third-order valence-corrected chi connectivity index (χ3v) is 3.60. The van der Waals surface area contributed by atoms with Crippen LogP contribution in [0.4, 0.5) is 0 Å². The Labute approximate surface area is 107 Å². The van der Waals surface area contributed by atoms with Gasteiger partial charge in [0.2, 0.25) is 0 Å². The van der Waals surface area contributed by atoms with Crippen LogP contribution in [0.2, 0.25) is 0 Å². The minimum atomic E-state index is -0.747. The molecule has 0 aliphatic heterocycles. The van der Waals surface area contributed by atoms with Crippen molar-refractivity contribution in [3.63, 3.8) is 0 Å². The zero-order valence-corrected chi connectivity index (χ0v) is 11.0. The molecule has 0 aromatic carbocycles. The van der Waals surface area contributed by atoms with Crippen molar-refractivity contribution in [2.75, 3.05) is 27.2 Å². The van der Waals surface area contributed by atoms with Crippen molar-refractivity contribution in [2.24, 2.45) is 0 Å². The van der Waals surface area contributed by atoms with Gasteiger partial charge in [-0.25, -0.2) is 0 Å². The number of nitrogens with one attached hydrogen (secondary N) is 2. The van der Waals surface area contributed by atoms with Gasteiger partial charge in [0.1, 0.15) is 6.54 Å². The first kappa shape index (κ1) is 14.5. The summed E-state index contributed by atoms with van der Waals surface area (Å²) in [5, 5.41) is 13.2. The van der Waals surface area contributed by atoms with Crippen LogP contribution in [0.25, 0.3) is 0 Å². The number of hydrogen-bond acceptors (Lipinski definition) is 4. The molecule has 1 saturated carbocycles. The summed E-state index contributed by atoms with van der Waals surface area (Å²) in [6.45, 7) is 0.323. The fourth-order valence-corrected chi connectivity index (χ4v) is 2.34. The summed E-state index contributed by atoms with van der Waals surface area (Å²) in [6.07, 6.45) is 4.35. The summed E-state index contributed by atoms with van der Waals surface area (Å²) in [4.78, 5) is 24.9. The van der Waals surface area contributed by atoms with E-state index in [2.05, 4.69) is 15.5 Å². The summed E-state index contributed by atoms with van der Waals surface area (Å²) in [5.41, 5.74) is -0.0365. The molecule has 2 N–H and O–H groups in total. The molecule has 1 fully saturated rings. The summed E-state index contributed by atoms with van der Waals surface area (Å²) in [6, 6.07) is 1.76. The zero-order valence-electron chi connectivity index (χ0n) is 11.0. The topological polar surface area (TPSA) is 85.2 Å². The van der Waals surface area contributed by atoms with Gasteiger partial charge in [0, 0.05) is 12.1 Å². The van der Waals surface area contributed by atoms with Crippen LogP contribution in [0.15, 0.2) is 0 Å². The van der Waals surface area contributed by atoms with Crippen LogP contribution in [0.3, 0.4) is 0 Å². The third-order valence-electron chi connectivity index (χ3n) is 3.60. The van der Waals surface area contributed by atoms with Crippen molar-refractivity contribution in [2.45, 2.75) is 31.2 Å². The van der Waals surface area contributed by atoms with Gasteiger partial charge in [-0.2, -0.15) is 5.26 Å². The Morgan fingerprint density at radius 1 is 1.22 bits per heavy atom. The highest BCUT2D eigenvalue weighted by atomic mass is 16.2.